The molecule has 4 atom stereocenters. The van der Waals surface area contributed by atoms with E-state index in [2.05, 4.69) is 18.7 Å². The Morgan fingerprint density at radius 3 is 2.71 bits per heavy atom. The number of hydrogen-bond donors (Lipinski definition) is 0. The second-order valence-corrected chi connectivity index (χ2v) is 8.29. The van der Waals surface area contributed by atoms with Crippen LogP contribution in [0.4, 0.5) is 0 Å². The van der Waals surface area contributed by atoms with E-state index in [1.54, 1.807) is 31.4 Å². The predicted octanol–water partition coefficient (Wildman–Crippen LogP) is 2.37. The third-order valence-electron chi connectivity index (χ3n) is 6.50. The molecule has 0 saturated carbocycles. The van der Waals surface area contributed by atoms with Gasteiger partial charge in [0.15, 0.2) is 0 Å². The highest BCUT2D eigenvalue weighted by Crippen LogP contribution is 2.48. The predicted molar refractivity (Wildman–Crippen MR) is 104 cm³/mol. The number of ether oxygens (including phenoxy) is 3. The first-order valence-corrected chi connectivity index (χ1v) is 10.6. The van der Waals surface area contributed by atoms with Crippen LogP contribution < -0.4 is 0 Å². The average molecular weight is 395 g/mol. The van der Waals surface area contributed by atoms with E-state index in [-0.39, 0.29) is 42.5 Å². The second kappa shape index (κ2) is 8.72. The lowest BCUT2D eigenvalue weighted by molar-refractivity contribution is -0.172. The topological polar surface area (TPSA) is 68.3 Å². The molecule has 1 unspecified atom stereocenters. The maximum atomic E-state index is 13.4. The van der Waals surface area contributed by atoms with Crippen LogP contribution in [0.15, 0.2) is 12.5 Å². The Hall–Kier alpha value is -1.76. The van der Waals surface area contributed by atoms with E-state index >= 15 is 0 Å². The van der Waals surface area contributed by atoms with Crippen LogP contribution in [-0.2, 0) is 23.8 Å². The first-order valence-electron chi connectivity index (χ1n) is 10.6. The molecule has 7 heteroatoms. The molecule has 1 amide bonds. The fraction of sp³-hybridized carbons (Fsp3) is 0.810. The third-order valence-corrected chi connectivity index (χ3v) is 6.50. The first kappa shape index (κ1) is 21.0. The van der Waals surface area contributed by atoms with Gasteiger partial charge in [0.05, 0.1) is 6.61 Å². The zero-order chi connectivity index (χ0) is 20.3. The highest BCUT2D eigenvalue weighted by atomic mass is 16.7. The van der Waals surface area contributed by atoms with Crippen LogP contribution in [-0.4, -0.2) is 66.8 Å². The number of piperidine rings is 1. The van der Waals surface area contributed by atoms with Gasteiger partial charge < -0.3 is 19.1 Å². The Bertz CT molecular complexity index is 602. The van der Waals surface area contributed by atoms with E-state index in [1.165, 1.54) is 0 Å². The van der Waals surface area contributed by atoms with Crippen molar-refractivity contribution in [2.75, 3.05) is 33.3 Å². The van der Waals surface area contributed by atoms with E-state index in [0.717, 1.165) is 38.8 Å². The summed E-state index contributed by atoms with van der Waals surface area (Å²) in [6.07, 6.45) is 6.48. The van der Waals surface area contributed by atoms with Gasteiger partial charge in [0, 0.05) is 32.0 Å². The van der Waals surface area contributed by atoms with E-state index < -0.39 is 5.54 Å². The first-order chi connectivity index (χ1) is 13.5. The fourth-order valence-electron chi connectivity index (χ4n) is 5.17. The van der Waals surface area contributed by atoms with Crippen molar-refractivity contribution in [3.8, 4) is 0 Å². The van der Waals surface area contributed by atoms with Gasteiger partial charge in [-0.1, -0.05) is 20.3 Å². The summed E-state index contributed by atoms with van der Waals surface area (Å²) in [6.45, 7) is 8.45. The van der Waals surface area contributed by atoms with Crippen LogP contribution >= 0.6 is 0 Å². The molecule has 0 bridgehead atoms. The number of fused-ring (bicyclic) bond motifs is 1. The number of esters is 1. The zero-order valence-electron chi connectivity index (χ0n) is 17.6. The molecule has 2 fully saturated rings. The molecule has 28 heavy (non-hydrogen) atoms. The van der Waals surface area contributed by atoms with Crippen molar-refractivity contribution in [3.63, 3.8) is 0 Å². The highest BCUT2D eigenvalue weighted by molar-refractivity contribution is 6.08. The van der Waals surface area contributed by atoms with Crippen LogP contribution in [0.1, 0.15) is 46.5 Å². The van der Waals surface area contributed by atoms with Crippen LogP contribution in [0.2, 0.25) is 0 Å². The van der Waals surface area contributed by atoms with Crippen molar-refractivity contribution >= 4 is 11.9 Å². The molecule has 3 heterocycles. The molecular weight excluding hydrogens is 360 g/mol. The van der Waals surface area contributed by atoms with Crippen molar-refractivity contribution in [2.24, 2.45) is 17.8 Å². The van der Waals surface area contributed by atoms with Crippen molar-refractivity contribution in [2.45, 2.75) is 58.3 Å². The van der Waals surface area contributed by atoms with Crippen molar-refractivity contribution in [3.05, 3.63) is 12.5 Å². The minimum Gasteiger partial charge on any atom is -0.464 e. The number of carbonyl (C=O) groups is 2. The van der Waals surface area contributed by atoms with Gasteiger partial charge in [0.1, 0.15) is 12.5 Å². The lowest BCUT2D eigenvalue weighted by Crippen LogP contribution is -2.67. The Morgan fingerprint density at radius 1 is 1.36 bits per heavy atom. The number of hydrogen-bond acceptors (Lipinski definition) is 6. The van der Waals surface area contributed by atoms with Gasteiger partial charge in [-0.25, -0.2) is 4.79 Å². The summed E-state index contributed by atoms with van der Waals surface area (Å²) in [5, 5.41) is 0. The SMILES string of the molecule is CCCCN1C[C@@H](CC(C)C2OC=CO2)[C@H]2CCN(C)C(=O)[C@]21C(=O)OCC. The van der Waals surface area contributed by atoms with Gasteiger partial charge >= 0.3 is 5.97 Å². The van der Waals surface area contributed by atoms with Gasteiger partial charge in [-0.3, -0.25) is 9.69 Å². The Labute approximate surface area is 168 Å². The van der Waals surface area contributed by atoms with E-state index in [0.29, 0.717) is 6.54 Å². The van der Waals surface area contributed by atoms with E-state index in [9.17, 15) is 9.59 Å². The molecule has 0 aromatic carbocycles. The zero-order valence-corrected chi connectivity index (χ0v) is 17.6. The summed E-state index contributed by atoms with van der Waals surface area (Å²) in [4.78, 5) is 30.5. The Balaban J connectivity index is 1.90. The third kappa shape index (κ3) is 3.49. The molecule has 7 nitrogen and oxygen atoms in total. The van der Waals surface area contributed by atoms with Crippen molar-refractivity contribution in [1.29, 1.82) is 0 Å². The monoisotopic (exact) mass is 394 g/mol. The normalized spacial score (nSPS) is 31.4. The largest absolute Gasteiger partial charge is 0.464 e. The summed E-state index contributed by atoms with van der Waals surface area (Å²) in [6, 6.07) is 0. The summed E-state index contributed by atoms with van der Waals surface area (Å²) in [5.41, 5.74) is -1.18. The molecule has 2 saturated heterocycles. The van der Waals surface area contributed by atoms with Gasteiger partial charge in [0.2, 0.25) is 11.8 Å². The molecule has 0 aromatic rings. The van der Waals surface area contributed by atoms with Crippen molar-refractivity contribution < 1.29 is 23.8 Å². The minimum atomic E-state index is -1.18. The summed E-state index contributed by atoms with van der Waals surface area (Å²) in [7, 11) is 1.79. The molecule has 158 valence electrons. The number of likely N-dealkylation sites (tertiary alicyclic amines) is 2. The highest BCUT2D eigenvalue weighted by Gasteiger charge is 2.66. The standard InChI is InChI=1S/C21H34N2O5/c1-5-7-9-23-14-16(13-15(3)18-27-11-12-28-18)17-8-10-22(4)19(24)21(17,23)20(25)26-6-2/h11-12,15-18H,5-10,13-14H2,1-4H3/t15?,16-,17-,21+/m1/s1. The van der Waals surface area contributed by atoms with Crippen LogP contribution in [0, 0.1) is 17.8 Å². The quantitative estimate of drug-likeness (QED) is 0.465. The van der Waals surface area contributed by atoms with Gasteiger partial charge in [-0.15, -0.1) is 0 Å². The fourth-order valence-corrected chi connectivity index (χ4v) is 5.17. The average Bonchev–Trinajstić information content (AvgIpc) is 3.31. The minimum absolute atomic E-state index is 0.0380. The number of unbranched alkanes of at least 4 members (excludes halogenated alkanes) is 1. The molecule has 3 rings (SSSR count). The number of likely N-dealkylation sites (N-methyl/N-ethyl adjacent to an activating group) is 1. The van der Waals surface area contributed by atoms with Gasteiger partial charge in [0.25, 0.3) is 5.91 Å². The lowest BCUT2D eigenvalue weighted by Gasteiger charge is -2.45. The Kier molecular flexibility index (Phi) is 6.53. The summed E-state index contributed by atoms with van der Waals surface area (Å²) in [5.74, 6) is -0.132. The molecule has 0 N–H and O–H groups in total. The molecule has 3 aliphatic heterocycles. The second-order valence-electron chi connectivity index (χ2n) is 8.29. The smallest absolute Gasteiger partial charge is 0.336 e. The molecular formula is C21H34N2O5. The molecule has 0 radical (unpaired) electrons. The van der Waals surface area contributed by atoms with Crippen molar-refractivity contribution in [1.82, 2.24) is 9.80 Å². The van der Waals surface area contributed by atoms with Gasteiger partial charge in [-0.05, 0) is 38.6 Å². The van der Waals surface area contributed by atoms with Crippen LogP contribution in [0.3, 0.4) is 0 Å². The van der Waals surface area contributed by atoms with Gasteiger partial charge in [-0.2, -0.15) is 0 Å². The number of amides is 1. The maximum Gasteiger partial charge on any atom is 0.336 e. The number of carbonyl (C=O) groups excluding carboxylic acids is 2. The molecule has 0 aromatic heterocycles. The summed E-state index contributed by atoms with van der Waals surface area (Å²) >= 11 is 0. The lowest BCUT2D eigenvalue weighted by atomic mass is 9.72. The summed E-state index contributed by atoms with van der Waals surface area (Å²) < 4.78 is 16.5. The molecule has 0 aliphatic carbocycles. The molecule has 0 spiro atoms. The number of rotatable bonds is 8. The van der Waals surface area contributed by atoms with Crippen LogP contribution in [0.5, 0.6) is 0 Å². The molecule has 3 aliphatic rings. The Morgan fingerprint density at radius 2 is 2.07 bits per heavy atom. The number of nitrogens with zero attached hydrogens (tertiary/aromatic N) is 2. The van der Waals surface area contributed by atoms with E-state index in [4.69, 9.17) is 14.2 Å². The maximum absolute atomic E-state index is 13.4. The van der Waals surface area contributed by atoms with E-state index in [1.807, 2.05) is 0 Å². The van der Waals surface area contributed by atoms with Crippen LogP contribution in [0.25, 0.3) is 0 Å².